The van der Waals surface area contributed by atoms with Crippen LogP contribution in [-0.4, -0.2) is 70.5 Å². The molecule has 0 aromatic heterocycles. The van der Waals surface area contributed by atoms with Crippen molar-refractivity contribution >= 4 is 19.1 Å². The second kappa shape index (κ2) is 7.41. The molecule has 0 atom stereocenters. The molecule has 24 heavy (non-hydrogen) atoms. The van der Waals surface area contributed by atoms with Gasteiger partial charge in [0.25, 0.3) is 0 Å². The standard InChI is InChI=1S/C14H19BN2O7/c1-16-14(21)17-6-9(7-17)24-10-3-2-8(4-5-15(22)23)12(18)11(10)13(19)20/h2-3,9,18,22-23H,4-7H2,1H3,(H,16,21)(H,19,20). The molecule has 0 saturated carbocycles. The van der Waals surface area contributed by atoms with Gasteiger partial charge >= 0.3 is 19.1 Å². The van der Waals surface area contributed by atoms with E-state index in [2.05, 4.69) is 5.32 Å². The number of nitrogens with zero attached hydrogens (tertiary/aromatic N) is 1. The van der Waals surface area contributed by atoms with Crippen LogP contribution in [-0.2, 0) is 6.42 Å². The van der Waals surface area contributed by atoms with Crippen LogP contribution in [0.4, 0.5) is 4.79 Å². The Labute approximate surface area is 138 Å². The number of ether oxygens (including phenoxy) is 1. The van der Waals surface area contributed by atoms with E-state index in [1.165, 1.54) is 24.1 Å². The predicted molar refractivity (Wildman–Crippen MR) is 84.2 cm³/mol. The second-order valence-electron chi connectivity index (χ2n) is 5.47. The molecule has 9 nitrogen and oxygen atoms in total. The second-order valence-corrected chi connectivity index (χ2v) is 5.47. The molecular weight excluding hydrogens is 319 g/mol. The zero-order valence-corrected chi connectivity index (χ0v) is 13.1. The number of rotatable bonds is 6. The number of amides is 2. The first-order chi connectivity index (χ1) is 11.3. The molecule has 1 saturated heterocycles. The van der Waals surface area contributed by atoms with E-state index in [-0.39, 0.29) is 41.8 Å². The van der Waals surface area contributed by atoms with Gasteiger partial charge in [-0.2, -0.15) is 0 Å². The maximum Gasteiger partial charge on any atom is 0.451 e. The third-order valence-corrected chi connectivity index (χ3v) is 3.75. The molecule has 130 valence electrons. The number of carbonyl (C=O) groups excluding carboxylic acids is 1. The number of aromatic hydroxyl groups is 1. The lowest BCUT2D eigenvalue weighted by Crippen LogP contribution is -2.58. The highest BCUT2D eigenvalue weighted by Gasteiger charge is 2.33. The molecule has 0 radical (unpaired) electrons. The number of benzene rings is 1. The Hall–Kier alpha value is -2.46. The first-order valence-electron chi connectivity index (χ1n) is 7.41. The predicted octanol–water partition coefficient (Wildman–Crippen LogP) is -0.492. The fraction of sp³-hybridized carbons (Fsp3) is 0.429. The Balaban J connectivity index is 2.11. The number of phenols is 1. The maximum absolute atomic E-state index is 11.4. The van der Waals surface area contributed by atoms with Crippen LogP contribution in [0.2, 0.25) is 6.32 Å². The van der Waals surface area contributed by atoms with Gasteiger partial charge in [-0.1, -0.05) is 6.07 Å². The van der Waals surface area contributed by atoms with Crippen molar-refractivity contribution in [1.29, 1.82) is 0 Å². The average molecular weight is 338 g/mol. The van der Waals surface area contributed by atoms with Crippen LogP contribution in [0.25, 0.3) is 0 Å². The first-order valence-corrected chi connectivity index (χ1v) is 7.41. The van der Waals surface area contributed by atoms with E-state index in [0.717, 1.165) is 0 Å². The van der Waals surface area contributed by atoms with E-state index in [0.29, 0.717) is 13.1 Å². The zero-order valence-electron chi connectivity index (χ0n) is 13.1. The van der Waals surface area contributed by atoms with Crippen LogP contribution < -0.4 is 10.1 Å². The van der Waals surface area contributed by atoms with Gasteiger partial charge in [0.15, 0.2) is 0 Å². The van der Waals surface area contributed by atoms with Crippen LogP contribution in [0.15, 0.2) is 12.1 Å². The van der Waals surface area contributed by atoms with Crippen LogP contribution in [0.1, 0.15) is 15.9 Å². The number of likely N-dealkylation sites (tertiary alicyclic amines) is 1. The van der Waals surface area contributed by atoms with Crippen molar-refractivity contribution in [3.05, 3.63) is 23.3 Å². The minimum absolute atomic E-state index is 0.00912. The highest BCUT2D eigenvalue weighted by atomic mass is 16.5. The van der Waals surface area contributed by atoms with Crippen molar-refractivity contribution < 1.29 is 34.6 Å². The van der Waals surface area contributed by atoms with E-state index in [1.807, 2.05) is 0 Å². The van der Waals surface area contributed by atoms with Crippen LogP contribution in [0, 0.1) is 0 Å². The highest BCUT2D eigenvalue weighted by molar-refractivity contribution is 6.41. The number of urea groups is 1. The first kappa shape index (κ1) is 17.9. The zero-order chi connectivity index (χ0) is 17.9. The SMILES string of the molecule is CNC(=O)N1CC(Oc2ccc(CCB(O)O)c(O)c2C(=O)O)C1. The minimum atomic E-state index is -1.54. The van der Waals surface area contributed by atoms with Gasteiger partial charge in [0, 0.05) is 7.05 Å². The number of hydrogen-bond donors (Lipinski definition) is 5. The normalized spacial score (nSPS) is 14.0. The number of hydrogen-bond acceptors (Lipinski definition) is 6. The monoisotopic (exact) mass is 338 g/mol. The van der Waals surface area contributed by atoms with Gasteiger partial charge in [0.2, 0.25) is 0 Å². The van der Waals surface area contributed by atoms with Crippen LogP contribution >= 0.6 is 0 Å². The van der Waals surface area contributed by atoms with E-state index >= 15 is 0 Å². The highest BCUT2D eigenvalue weighted by Crippen LogP contribution is 2.33. The topological polar surface area (TPSA) is 140 Å². The molecule has 2 amide bonds. The van der Waals surface area contributed by atoms with Gasteiger partial charge in [-0.3, -0.25) is 0 Å². The van der Waals surface area contributed by atoms with E-state index in [9.17, 15) is 19.8 Å². The molecule has 1 aromatic rings. The molecule has 0 spiro atoms. The molecule has 0 unspecified atom stereocenters. The summed E-state index contributed by atoms with van der Waals surface area (Å²) in [5.74, 6) is -1.80. The molecule has 0 bridgehead atoms. The Bertz CT molecular complexity index is 632. The lowest BCUT2D eigenvalue weighted by atomic mass is 9.82. The molecule has 5 N–H and O–H groups in total. The number of aryl methyl sites for hydroxylation is 1. The summed E-state index contributed by atoms with van der Waals surface area (Å²) < 4.78 is 5.57. The third kappa shape index (κ3) is 3.89. The van der Waals surface area contributed by atoms with Gasteiger partial charge < -0.3 is 35.2 Å². The van der Waals surface area contributed by atoms with Crippen molar-refractivity contribution in [2.24, 2.45) is 0 Å². The van der Waals surface area contributed by atoms with Crippen LogP contribution in [0.3, 0.4) is 0 Å². The molecule has 1 heterocycles. The summed E-state index contributed by atoms with van der Waals surface area (Å²) in [7, 11) is -0.0293. The largest absolute Gasteiger partial charge is 0.507 e. The summed E-state index contributed by atoms with van der Waals surface area (Å²) in [6.07, 6.45) is -0.279. The molecule has 1 aliphatic heterocycles. The quantitative estimate of drug-likeness (QED) is 0.441. The van der Waals surface area contributed by atoms with E-state index in [1.54, 1.807) is 0 Å². The Morgan fingerprint density at radius 1 is 1.38 bits per heavy atom. The molecule has 1 aliphatic rings. The molecule has 10 heteroatoms. The Morgan fingerprint density at radius 3 is 2.58 bits per heavy atom. The smallest absolute Gasteiger partial charge is 0.451 e. The fourth-order valence-corrected chi connectivity index (χ4v) is 2.42. The molecular formula is C14H19BN2O7. The number of carboxylic acid groups (broad SMARTS) is 1. The Kier molecular flexibility index (Phi) is 5.52. The van der Waals surface area contributed by atoms with Crippen LogP contribution in [0.5, 0.6) is 11.5 Å². The van der Waals surface area contributed by atoms with E-state index < -0.39 is 18.8 Å². The number of carbonyl (C=O) groups is 2. The third-order valence-electron chi connectivity index (χ3n) is 3.75. The van der Waals surface area contributed by atoms with Crippen molar-refractivity contribution in [2.75, 3.05) is 20.1 Å². The fourth-order valence-electron chi connectivity index (χ4n) is 2.42. The summed E-state index contributed by atoms with van der Waals surface area (Å²) in [5, 5.41) is 39.7. The molecule has 2 rings (SSSR count). The minimum Gasteiger partial charge on any atom is -0.507 e. The lowest BCUT2D eigenvalue weighted by molar-refractivity contribution is 0.0426. The summed E-state index contributed by atoms with van der Waals surface area (Å²) in [5.41, 5.74) is -0.0910. The lowest BCUT2D eigenvalue weighted by Gasteiger charge is -2.38. The van der Waals surface area contributed by atoms with Gasteiger partial charge in [-0.25, -0.2) is 9.59 Å². The summed E-state index contributed by atoms with van der Waals surface area (Å²) in [6, 6.07) is 2.66. The number of nitrogens with one attached hydrogen (secondary N) is 1. The summed E-state index contributed by atoms with van der Waals surface area (Å²) in [6.45, 7) is 0.635. The van der Waals surface area contributed by atoms with E-state index in [4.69, 9.17) is 14.8 Å². The maximum atomic E-state index is 11.4. The van der Waals surface area contributed by atoms with Crippen molar-refractivity contribution in [3.8, 4) is 11.5 Å². The average Bonchev–Trinajstić information content (AvgIpc) is 2.48. The van der Waals surface area contributed by atoms with Gasteiger partial charge in [0.1, 0.15) is 23.2 Å². The number of aromatic carboxylic acids is 1. The van der Waals surface area contributed by atoms with Gasteiger partial charge in [0.05, 0.1) is 13.1 Å². The van der Waals surface area contributed by atoms with Gasteiger partial charge in [-0.05, 0) is 24.4 Å². The summed E-state index contributed by atoms with van der Waals surface area (Å²) in [4.78, 5) is 24.3. The molecule has 0 aliphatic carbocycles. The van der Waals surface area contributed by atoms with Crippen molar-refractivity contribution in [2.45, 2.75) is 18.8 Å². The van der Waals surface area contributed by atoms with Crippen molar-refractivity contribution in [3.63, 3.8) is 0 Å². The molecule has 1 fully saturated rings. The number of carboxylic acids is 1. The molecule has 1 aromatic carbocycles. The van der Waals surface area contributed by atoms with Crippen molar-refractivity contribution in [1.82, 2.24) is 10.2 Å². The summed E-state index contributed by atoms with van der Waals surface area (Å²) >= 11 is 0. The Morgan fingerprint density at radius 2 is 2.04 bits per heavy atom. The van der Waals surface area contributed by atoms with Gasteiger partial charge in [-0.15, -0.1) is 0 Å².